The first kappa shape index (κ1) is 23.4. The number of pyridine rings is 1. The Morgan fingerprint density at radius 2 is 1.80 bits per heavy atom. The highest BCUT2D eigenvalue weighted by Gasteiger charge is 2.34. The lowest BCUT2D eigenvalue weighted by atomic mass is 9.90. The van der Waals surface area contributed by atoms with Gasteiger partial charge in [-0.15, -0.1) is 0 Å². The summed E-state index contributed by atoms with van der Waals surface area (Å²) in [4.78, 5) is 23.9. The lowest BCUT2D eigenvalue weighted by Crippen LogP contribution is -2.40. The Balaban J connectivity index is 1.27. The minimum absolute atomic E-state index is 0.0100. The largest absolute Gasteiger partial charge is 0.433 e. The molecule has 1 saturated carbocycles. The van der Waals surface area contributed by atoms with Gasteiger partial charge in [-0.05, 0) is 74.6 Å². The number of imidazole rings is 1. The van der Waals surface area contributed by atoms with Gasteiger partial charge >= 0.3 is 6.18 Å². The van der Waals surface area contributed by atoms with Gasteiger partial charge in [-0.2, -0.15) is 13.2 Å². The molecule has 1 fully saturated rings. The van der Waals surface area contributed by atoms with Crippen molar-refractivity contribution in [2.45, 2.75) is 50.9 Å². The number of carbonyl (C=O) groups excluding carboxylic acids is 1. The van der Waals surface area contributed by atoms with Crippen molar-refractivity contribution >= 4 is 45.1 Å². The topological polar surface area (TPSA) is 82.7 Å². The standard InChI is InChI=1S/C25H23ClF3N5O/c1-13-8-21-22(31-12-30-21)10-17(13)24(35)33-16-5-3-15(4-6-16)32-20-11-23(25(27,28)29)34-19-7-2-14(26)9-18(19)20/h2,7-12,15-16H,3-6H2,1H3,(H,30,31)(H,32,34)(H,33,35). The van der Waals surface area contributed by atoms with E-state index in [1.807, 2.05) is 13.0 Å². The summed E-state index contributed by atoms with van der Waals surface area (Å²) in [7, 11) is 0. The molecule has 1 amide bonds. The van der Waals surface area contributed by atoms with Crippen LogP contribution in [0.5, 0.6) is 0 Å². The van der Waals surface area contributed by atoms with E-state index in [0.717, 1.165) is 22.7 Å². The van der Waals surface area contributed by atoms with Crippen LogP contribution in [0.3, 0.4) is 0 Å². The Morgan fingerprint density at radius 3 is 2.54 bits per heavy atom. The van der Waals surface area contributed by atoms with E-state index < -0.39 is 11.9 Å². The number of nitrogens with zero attached hydrogens (tertiary/aromatic N) is 2. The average molecular weight is 502 g/mol. The highest BCUT2D eigenvalue weighted by Crippen LogP contribution is 2.35. The number of alkyl halides is 3. The molecule has 0 aliphatic heterocycles. The summed E-state index contributed by atoms with van der Waals surface area (Å²) in [5.74, 6) is -0.145. The number of amides is 1. The van der Waals surface area contributed by atoms with Crippen molar-refractivity contribution in [3.8, 4) is 0 Å². The molecule has 35 heavy (non-hydrogen) atoms. The van der Waals surface area contributed by atoms with Crippen molar-refractivity contribution in [1.82, 2.24) is 20.3 Å². The molecule has 0 saturated heterocycles. The second-order valence-electron chi connectivity index (χ2n) is 8.97. The molecule has 0 unspecified atom stereocenters. The second-order valence-corrected chi connectivity index (χ2v) is 9.40. The zero-order valence-corrected chi connectivity index (χ0v) is 19.6. The number of aryl methyl sites for hydroxylation is 1. The monoisotopic (exact) mass is 501 g/mol. The smallest absolute Gasteiger partial charge is 0.382 e. The van der Waals surface area contributed by atoms with E-state index in [4.69, 9.17) is 11.6 Å². The summed E-state index contributed by atoms with van der Waals surface area (Å²) in [6, 6.07) is 9.32. The second kappa shape index (κ2) is 9.03. The van der Waals surface area contributed by atoms with Gasteiger partial charge in [0.25, 0.3) is 5.91 Å². The van der Waals surface area contributed by atoms with Crippen molar-refractivity contribution in [2.24, 2.45) is 0 Å². The van der Waals surface area contributed by atoms with Gasteiger partial charge in [0.2, 0.25) is 0 Å². The number of anilines is 1. The number of aromatic nitrogens is 3. The van der Waals surface area contributed by atoms with Crippen LogP contribution in [0.15, 0.2) is 42.7 Å². The third kappa shape index (κ3) is 4.91. The zero-order valence-electron chi connectivity index (χ0n) is 18.8. The Hall–Kier alpha value is -3.33. The minimum Gasteiger partial charge on any atom is -0.382 e. The van der Waals surface area contributed by atoms with Crippen LogP contribution < -0.4 is 10.6 Å². The number of rotatable bonds is 4. The average Bonchev–Trinajstić information content (AvgIpc) is 3.26. The molecule has 0 bridgehead atoms. The van der Waals surface area contributed by atoms with E-state index in [1.165, 1.54) is 12.1 Å². The van der Waals surface area contributed by atoms with Crippen LogP contribution in [0.2, 0.25) is 5.02 Å². The van der Waals surface area contributed by atoms with E-state index in [-0.39, 0.29) is 23.5 Å². The Labute approximate surface area is 204 Å². The molecule has 182 valence electrons. The summed E-state index contributed by atoms with van der Waals surface area (Å²) < 4.78 is 40.2. The highest BCUT2D eigenvalue weighted by atomic mass is 35.5. The minimum atomic E-state index is -4.55. The molecule has 3 N–H and O–H groups in total. The Morgan fingerprint density at radius 1 is 1.06 bits per heavy atom. The van der Waals surface area contributed by atoms with Gasteiger partial charge < -0.3 is 15.6 Å². The van der Waals surface area contributed by atoms with Crippen LogP contribution in [-0.4, -0.2) is 32.9 Å². The molecule has 0 spiro atoms. The number of carbonyl (C=O) groups is 1. The maximum atomic E-state index is 13.4. The molecule has 10 heteroatoms. The third-order valence-electron chi connectivity index (χ3n) is 6.49. The molecule has 1 aliphatic carbocycles. The van der Waals surface area contributed by atoms with Gasteiger partial charge in [0.05, 0.1) is 22.9 Å². The SMILES string of the molecule is Cc1cc2[nH]cnc2cc1C(=O)NC1CCC(Nc2cc(C(F)(F)F)nc3ccc(Cl)cc23)CC1. The number of halogens is 4. The molecule has 0 radical (unpaired) electrons. The van der Waals surface area contributed by atoms with Crippen molar-refractivity contribution in [3.05, 3.63) is 64.6 Å². The normalized spacial score (nSPS) is 18.7. The molecule has 2 aromatic carbocycles. The van der Waals surface area contributed by atoms with Crippen molar-refractivity contribution in [2.75, 3.05) is 5.32 Å². The van der Waals surface area contributed by atoms with E-state index in [0.29, 0.717) is 47.3 Å². The van der Waals surface area contributed by atoms with Crippen LogP contribution in [0.1, 0.15) is 47.3 Å². The van der Waals surface area contributed by atoms with Crippen molar-refractivity contribution < 1.29 is 18.0 Å². The van der Waals surface area contributed by atoms with Crippen LogP contribution >= 0.6 is 11.6 Å². The van der Waals surface area contributed by atoms with Gasteiger partial charge in [-0.1, -0.05) is 11.6 Å². The number of nitrogens with one attached hydrogen (secondary N) is 3. The number of hydrogen-bond donors (Lipinski definition) is 3. The molecule has 0 atom stereocenters. The lowest BCUT2D eigenvalue weighted by Gasteiger charge is -2.31. The first-order valence-electron chi connectivity index (χ1n) is 11.4. The highest BCUT2D eigenvalue weighted by molar-refractivity contribution is 6.31. The van der Waals surface area contributed by atoms with Crippen LogP contribution in [0.4, 0.5) is 18.9 Å². The van der Waals surface area contributed by atoms with Gasteiger partial charge in [-0.3, -0.25) is 4.79 Å². The van der Waals surface area contributed by atoms with Gasteiger partial charge in [0.1, 0.15) is 5.69 Å². The predicted octanol–water partition coefficient (Wildman–Crippen LogP) is 6.24. The van der Waals surface area contributed by atoms with E-state index in [1.54, 1.807) is 18.5 Å². The first-order valence-corrected chi connectivity index (χ1v) is 11.7. The fourth-order valence-corrected chi connectivity index (χ4v) is 4.83. The zero-order chi connectivity index (χ0) is 24.7. The molecule has 2 heterocycles. The number of aromatic amines is 1. The number of benzene rings is 2. The first-order chi connectivity index (χ1) is 16.7. The van der Waals surface area contributed by atoms with E-state index in [2.05, 4.69) is 25.6 Å². The van der Waals surface area contributed by atoms with Gasteiger partial charge in [-0.25, -0.2) is 9.97 Å². The predicted molar refractivity (Wildman–Crippen MR) is 130 cm³/mol. The van der Waals surface area contributed by atoms with Crippen molar-refractivity contribution in [3.63, 3.8) is 0 Å². The molecule has 2 aromatic heterocycles. The Kier molecular flexibility index (Phi) is 6.04. The maximum absolute atomic E-state index is 13.4. The molecule has 4 aromatic rings. The summed E-state index contributed by atoms with van der Waals surface area (Å²) in [5, 5.41) is 7.35. The summed E-state index contributed by atoms with van der Waals surface area (Å²) in [6.45, 7) is 1.89. The van der Waals surface area contributed by atoms with Crippen LogP contribution in [-0.2, 0) is 6.18 Å². The van der Waals surface area contributed by atoms with Gasteiger partial charge in [0.15, 0.2) is 0 Å². The molecular weight excluding hydrogens is 479 g/mol. The van der Waals surface area contributed by atoms with Crippen LogP contribution in [0.25, 0.3) is 21.9 Å². The lowest BCUT2D eigenvalue weighted by molar-refractivity contribution is -0.140. The quantitative estimate of drug-likeness (QED) is 0.309. The third-order valence-corrected chi connectivity index (χ3v) is 6.73. The number of H-pyrrole nitrogens is 1. The van der Waals surface area contributed by atoms with E-state index >= 15 is 0 Å². The van der Waals surface area contributed by atoms with Gasteiger partial charge in [0, 0.05) is 33.7 Å². The fraction of sp³-hybridized carbons (Fsp3) is 0.320. The fourth-order valence-electron chi connectivity index (χ4n) is 4.66. The van der Waals surface area contributed by atoms with Crippen molar-refractivity contribution in [1.29, 1.82) is 0 Å². The molecule has 5 rings (SSSR count). The summed E-state index contributed by atoms with van der Waals surface area (Å²) in [5.41, 5.74) is 2.71. The summed E-state index contributed by atoms with van der Waals surface area (Å²) >= 11 is 6.09. The molecule has 6 nitrogen and oxygen atoms in total. The van der Waals surface area contributed by atoms with Crippen LogP contribution in [0, 0.1) is 6.92 Å². The molecule has 1 aliphatic rings. The number of fused-ring (bicyclic) bond motifs is 2. The summed E-state index contributed by atoms with van der Waals surface area (Å²) in [6.07, 6.45) is -0.130. The maximum Gasteiger partial charge on any atom is 0.433 e. The van der Waals surface area contributed by atoms with E-state index in [9.17, 15) is 18.0 Å². The Bertz CT molecular complexity index is 1410. The number of hydrogen-bond acceptors (Lipinski definition) is 4. The molecular formula is C25H23ClF3N5O.